The average Bonchev–Trinajstić information content (AvgIpc) is 3.31. The summed E-state index contributed by atoms with van der Waals surface area (Å²) in [4.78, 5) is 16.7. The summed E-state index contributed by atoms with van der Waals surface area (Å²) in [7, 11) is 3.69. The quantitative estimate of drug-likeness (QED) is 0.188. The van der Waals surface area contributed by atoms with Crippen molar-refractivity contribution in [2.45, 2.75) is 30.5 Å². The minimum absolute atomic E-state index is 0.0284. The van der Waals surface area contributed by atoms with Crippen LogP contribution in [0.5, 0.6) is 0 Å². The first-order chi connectivity index (χ1) is 19.4. The second kappa shape index (κ2) is 18.1. The summed E-state index contributed by atoms with van der Waals surface area (Å²) in [6, 6.07) is 15.9. The standard InChI is InChI=1S/C30H43Cl2N3O5/c1-34(19-25(22-36)24-8-9-28(31)29(32)16-24)30(23-6-4-3-5-7-23)21-35-20-27(37)17-26(35)18-33-10-11-39-14-15-40-13-12-38-2/h3-9,16,22,25-27,30,33,37H,10-15,17-21H2,1-2H3/t25?,26-,27+,30+/m0/s1. The van der Waals surface area contributed by atoms with Crippen LogP contribution in [0.4, 0.5) is 0 Å². The number of ether oxygens (including phenoxy) is 3. The van der Waals surface area contributed by atoms with E-state index in [9.17, 15) is 9.90 Å². The number of carbonyl (C=O) groups is 1. The van der Waals surface area contributed by atoms with E-state index >= 15 is 0 Å². The Balaban J connectivity index is 1.57. The first-order valence-electron chi connectivity index (χ1n) is 13.9. The van der Waals surface area contributed by atoms with Gasteiger partial charge in [-0.25, -0.2) is 0 Å². The lowest BCUT2D eigenvalue weighted by Gasteiger charge is -2.35. The van der Waals surface area contributed by atoms with Gasteiger partial charge in [0.05, 0.1) is 55.1 Å². The lowest BCUT2D eigenvalue weighted by Crippen LogP contribution is -2.44. The van der Waals surface area contributed by atoms with Gasteiger partial charge in [0, 0.05) is 51.9 Å². The van der Waals surface area contributed by atoms with Crippen molar-refractivity contribution >= 4 is 29.5 Å². The molecule has 40 heavy (non-hydrogen) atoms. The zero-order chi connectivity index (χ0) is 28.7. The average molecular weight is 597 g/mol. The minimum Gasteiger partial charge on any atom is -0.392 e. The normalized spacial score (nSPS) is 19.2. The molecule has 0 spiro atoms. The van der Waals surface area contributed by atoms with Gasteiger partial charge in [-0.2, -0.15) is 0 Å². The molecule has 222 valence electrons. The predicted octanol–water partition coefficient (Wildman–Crippen LogP) is 3.65. The molecule has 2 aromatic rings. The molecule has 3 rings (SSSR count). The van der Waals surface area contributed by atoms with Crippen LogP contribution in [-0.2, 0) is 19.0 Å². The topological polar surface area (TPSA) is 83.5 Å². The number of benzene rings is 2. The number of rotatable bonds is 19. The maximum atomic E-state index is 12.1. The molecule has 0 aromatic heterocycles. The van der Waals surface area contributed by atoms with Gasteiger partial charge in [-0.1, -0.05) is 59.6 Å². The number of aldehydes is 1. The molecule has 1 heterocycles. The number of aliphatic hydroxyl groups excluding tert-OH is 1. The van der Waals surface area contributed by atoms with Crippen molar-refractivity contribution in [2.75, 3.05) is 79.9 Å². The fourth-order valence-corrected chi connectivity index (χ4v) is 5.38. The third-order valence-corrected chi connectivity index (χ3v) is 8.00. The molecule has 0 amide bonds. The molecule has 1 unspecified atom stereocenters. The van der Waals surface area contributed by atoms with E-state index in [4.69, 9.17) is 37.4 Å². The van der Waals surface area contributed by atoms with Gasteiger partial charge in [-0.15, -0.1) is 0 Å². The van der Waals surface area contributed by atoms with E-state index in [1.165, 1.54) is 0 Å². The highest BCUT2D eigenvalue weighted by atomic mass is 35.5. The molecule has 0 bridgehead atoms. The lowest BCUT2D eigenvalue weighted by molar-refractivity contribution is -0.109. The number of hydrogen-bond donors (Lipinski definition) is 2. The number of likely N-dealkylation sites (N-methyl/N-ethyl adjacent to an activating group) is 1. The summed E-state index contributed by atoms with van der Waals surface area (Å²) in [6.45, 7) is 6.21. The van der Waals surface area contributed by atoms with Gasteiger partial charge < -0.3 is 29.4 Å². The summed E-state index contributed by atoms with van der Waals surface area (Å²) in [5.41, 5.74) is 2.00. The van der Waals surface area contributed by atoms with Crippen molar-refractivity contribution in [3.05, 3.63) is 69.7 Å². The Morgan fingerprint density at radius 1 is 1.05 bits per heavy atom. The van der Waals surface area contributed by atoms with Crippen LogP contribution in [0.3, 0.4) is 0 Å². The van der Waals surface area contributed by atoms with Crippen LogP contribution in [-0.4, -0.2) is 113 Å². The van der Waals surface area contributed by atoms with Crippen LogP contribution in [0.1, 0.15) is 29.5 Å². The Hall–Kier alpha value is -1.59. The molecule has 0 radical (unpaired) electrons. The van der Waals surface area contributed by atoms with Crippen LogP contribution >= 0.6 is 23.2 Å². The molecule has 1 aliphatic rings. The maximum Gasteiger partial charge on any atom is 0.128 e. The van der Waals surface area contributed by atoms with E-state index in [1.54, 1.807) is 19.2 Å². The number of carbonyl (C=O) groups excluding carboxylic acids is 1. The third-order valence-electron chi connectivity index (χ3n) is 7.26. The van der Waals surface area contributed by atoms with Crippen molar-refractivity contribution in [1.82, 2.24) is 15.1 Å². The molecule has 0 saturated carbocycles. The maximum absolute atomic E-state index is 12.1. The third kappa shape index (κ3) is 10.7. The molecular weight excluding hydrogens is 553 g/mol. The molecule has 1 fully saturated rings. The van der Waals surface area contributed by atoms with Gasteiger partial charge >= 0.3 is 0 Å². The van der Waals surface area contributed by atoms with Gasteiger partial charge in [0.1, 0.15) is 6.29 Å². The van der Waals surface area contributed by atoms with Crippen molar-refractivity contribution in [3.8, 4) is 0 Å². The number of nitrogens with zero attached hydrogens (tertiary/aromatic N) is 2. The Kier molecular flexibility index (Phi) is 14.9. The van der Waals surface area contributed by atoms with E-state index in [-0.39, 0.29) is 24.1 Å². The molecule has 2 N–H and O–H groups in total. The second-order valence-corrected chi connectivity index (χ2v) is 11.0. The number of nitrogens with one attached hydrogen (secondary N) is 1. The van der Waals surface area contributed by atoms with E-state index in [2.05, 4.69) is 27.2 Å². The fourth-order valence-electron chi connectivity index (χ4n) is 5.07. The second-order valence-electron chi connectivity index (χ2n) is 10.2. The Morgan fingerprint density at radius 3 is 2.48 bits per heavy atom. The lowest BCUT2D eigenvalue weighted by atomic mass is 9.98. The molecule has 10 heteroatoms. The molecule has 0 aliphatic carbocycles. The van der Waals surface area contributed by atoms with Crippen LogP contribution in [0.15, 0.2) is 48.5 Å². The van der Waals surface area contributed by atoms with Crippen molar-refractivity contribution in [1.29, 1.82) is 0 Å². The van der Waals surface area contributed by atoms with Gasteiger partial charge in [0.15, 0.2) is 0 Å². The van der Waals surface area contributed by atoms with Gasteiger partial charge in [0.25, 0.3) is 0 Å². The van der Waals surface area contributed by atoms with Crippen molar-refractivity contribution < 1.29 is 24.1 Å². The Labute approximate surface area is 248 Å². The van der Waals surface area contributed by atoms with E-state index in [0.29, 0.717) is 62.6 Å². The number of halogens is 2. The molecule has 2 aromatic carbocycles. The van der Waals surface area contributed by atoms with Crippen LogP contribution in [0.2, 0.25) is 10.0 Å². The number of methoxy groups -OCH3 is 1. The number of β-amino-alcohol motifs (C(OH)–C–C–N with tert-alkyl or cyclic N) is 1. The first-order valence-corrected chi connectivity index (χ1v) is 14.6. The molecule has 8 nitrogen and oxygen atoms in total. The summed E-state index contributed by atoms with van der Waals surface area (Å²) in [5, 5.41) is 14.9. The number of aliphatic hydroxyl groups is 1. The SMILES string of the molecule is COCCOCCOCCNC[C@@H]1C[C@@H](O)CN1C[C@H](c1ccccc1)N(C)CC(C=O)c1ccc(Cl)c(Cl)c1. The van der Waals surface area contributed by atoms with E-state index < -0.39 is 0 Å². The largest absolute Gasteiger partial charge is 0.392 e. The smallest absolute Gasteiger partial charge is 0.128 e. The van der Waals surface area contributed by atoms with Gasteiger partial charge in [-0.3, -0.25) is 9.80 Å². The predicted molar refractivity (Wildman–Crippen MR) is 159 cm³/mol. The Bertz CT molecular complexity index is 1000. The van der Waals surface area contributed by atoms with E-state index in [1.807, 2.05) is 31.3 Å². The molecular formula is C30H43Cl2N3O5. The molecule has 1 aliphatic heterocycles. The number of hydrogen-bond acceptors (Lipinski definition) is 8. The summed E-state index contributed by atoms with van der Waals surface area (Å²) in [6.07, 6.45) is 1.32. The zero-order valence-electron chi connectivity index (χ0n) is 23.5. The first kappa shape index (κ1) is 32.9. The summed E-state index contributed by atoms with van der Waals surface area (Å²) in [5.74, 6) is -0.349. The van der Waals surface area contributed by atoms with Crippen LogP contribution in [0.25, 0.3) is 0 Å². The van der Waals surface area contributed by atoms with Gasteiger partial charge in [-0.05, 0) is 36.7 Å². The van der Waals surface area contributed by atoms with Crippen LogP contribution < -0.4 is 5.32 Å². The minimum atomic E-state index is -0.368. The highest BCUT2D eigenvalue weighted by Crippen LogP contribution is 2.30. The molecule has 4 atom stereocenters. The van der Waals surface area contributed by atoms with Crippen LogP contribution in [0, 0.1) is 0 Å². The summed E-state index contributed by atoms with van der Waals surface area (Å²) >= 11 is 12.3. The van der Waals surface area contributed by atoms with Gasteiger partial charge in [0.2, 0.25) is 0 Å². The Morgan fingerprint density at radius 2 is 1.77 bits per heavy atom. The zero-order valence-corrected chi connectivity index (χ0v) is 25.0. The van der Waals surface area contributed by atoms with Crippen molar-refractivity contribution in [3.63, 3.8) is 0 Å². The van der Waals surface area contributed by atoms with Crippen molar-refractivity contribution in [2.24, 2.45) is 0 Å². The monoisotopic (exact) mass is 595 g/mol. The highest BCUT2D eigenvalue weighted by molar-refractivity contribution is 6.42. The summed E-state index contributed by atoms with van der Waals surface area (Å²) < 4.78 is 16.0. The highest BCUT2D eigenvalue weighted by Gasteiger charge is 2.33. The fraction of sp³-hybridized carbons (Fsp3) is 0.567. The molecule has 1 saturated heterocycles. The number of likely N-dealkylation sites (tertiary alicyclic amines) is 1. The van der Waals surface area contributed by atoms with E-state index in [0.717, 1.165) is 37.0 Å².